The van der Waals surface area contributed by atoms with E-state index in [4.69, 9.17) is 16.3 Å². The zero-order chi connectivity index (χ0) is 30.1. The normalized spacial score (nSPS) is 14.3. The Morgan fingerprint density at radius 3 is 2.26 bits per heavy atom. The molecular formula is C32H38ClN3O5S. The molecule has 0 radical (unpaired) electrons. The molecule has 3 aromatic rings. The first-order valence-corrected chi connectivity index (χ1v) is 16.2. The van der Waals surface area contributed by atoms with Crippen LogP contribution in [0.4, 0.5) is 5.69 Å². The van der Waals surface area contributed by atoms with E-state index in [1.807, 2.05) is 13.0 Å². The molecule has 1 aliphatic carbocycles. The minimum absolute atomic E-state index is 0.0350. The molecule has 1 atom stereocenters. The van der Waals surface area contributed by atoms with E-state index in [-0.39, 0.29) is 29.1 Å². The van der Waals surface area contributed by atoms with Crippen LogP contribution >= 0.6 is 11.6 Å². The van der Waals surface area contributed by atoms with Crippen LogP contribution in [0.1, 0.15) is 51.5 Å². The number of hydrogen-bond acceptors (Lipinski definition) is 5. The summed E-state index contributed by atoms with van der Waals surface area (Å²) >= 11 is 6.49. The lowest BCUT2D eigenvalue weighted by molar-refractivity contribution is -0.140. The second-order valence-corrected chi connectivity index (χ2v) is 12.5. The van der Waals surface area contributed by atoms with Crippen LogP contribution < -0.4 is 14.4 Å². The molecule has 0 spiro atoms. The Labute approximate surface area is 253 Å². The summed E-state index contributed by atoms with van der Waals surface area (Å²) in [6.07, 6.45) is 4.25. The fourth-order valence-corrected chi connectivity index (χ4v) is 6.91. The monoisotopic (exact) mass is 611 g/mol. The Balaban J connectivity index is 1.75. The van der Waals surface area contributed by atoms with E-state index in [1.54, 1.807) is 67.6 Å². The Morgan fingerprint density at radius 1 is 0.952 bits per heavy atom. The van der Waals surface area contributed by atoms with Crippen molar-refractivity contribution in [2.45, 2.75) is 69.5 Å². The maximum atomic E-state index is 14.3. The number of carbonyl (C=O) groups excluding carboxylic acids is 2. The fraction of sp³-hybridized carbons (Fsp3) is 0.375. The molecule has 10 heteroatoms. The lowest BCUT2D eigenvalue weighted by Gasteiger charge is -2.34. The minimum atomic E-state index is -4.20. The number of sulfonamides is 1. The third-order valence-electron chi connectivity index (χ3n) is 7.43. The molecule has 8 nitrogen and oxygen atoms in total. The molecule has 0 heterocycles. The molecule has 0 saturated heterocycles. The van der Waals surface area contributed by atoms with Gasteiger partial charge in [-0.2, -0.15) is 0 Å². The van der Waals surface area contributed by atoms with Crippen molar-refractivity contribution >= 4 is 39.1 Å². The van der Waals surface area contributed by atoms with Crippen molar-refractivity contribution in [3.63, 3.8) is 0 Å². The minimum Gasteiger partial charge on any atom is -0.492 e. The Bertz CT molecular complexity index is 1460. The highest BCUT2D eigenvalue weighted by atomic mass is 35.5. The number of benzene rings is 3. The van der Waals surface area contributed by atoms with E-state index in [0.717, 1.165) is 30.0 Å². The fourth-order valence-electron chi connectivity index (χ4n) is 5.27. The van der Waals surface area contributed by atoms with Gasteiger partial charge in [-0.3, -0.25) is 13.9 Å². The van der Waals surface area contributed by atoms with Crippen LogP contribution in [-0.4, -0.2) is 50.4 Å². The highest BCUT2D eigenvalue weighted by Crippen LogP contribution is 2.33. The number of nitrogens with zero attached hydrogens (tertiary/aromatic N) is 2. The van der Waals surface area contributed by atoms with Gasteiger partial charge in [0.05, 0.1) is 17.2 Å². The molecule has 1 fully saturated rings. The number of hydrogen-bond donors (Lipinski definition) is 1. The van der Waals surface area contributed by atoms with Crippen molar-refractivity contribution in [1.82, 2.24) is 10.2 Å². The molecule has 0 aromatic heterocycles. The predicted molar refractivity (Wildman–Crippen MR) is 165 cm³/mol. The molecule has 42 heavy (non-hydrogen) atoms. The molecule has 224 valence electrons. The van der Waals surface area contributed by atoms with Crippen molar-refractivity contribution in [2.24, 2.45) is 0 Å². The van der Waals surface area contributed by atoms with Crippen LogP contribution in [0.5, 0.6) is 5.75 Å². The van der Waals surface area contributed by atoms with Gasteiger partial charge in [-0.15, -0.1) is 0 Å². The van der Waals surface area contributed by atoms with Crippen molar-refractivity contribution < 1.29 is 22.7 Å². The zero-order valence-corrected chi connectivity index (χ0v) is 25.6. The van der Waals surface area contributed by atoms with Crippen molar-refractivity contribution in [2.75, 3.05) is 17.5 Å². The zero-order valence-electron chi connectivity index (χ0n) is 24.0. The third-order valence-corrected chi connectivity index (χ3v) is 9.57. The van der Waals surface area contributed by atoms with Gasteiger partial charge in [-0.1, -0.05) is 79.9 Å². The molecule has 4 rings (SSSR count). The van der Waals surface area contributed by atoms with E-state index >= 15 is 0 Å². The molecule has 2 amide bonds. The van der Waals surface area contributed by atoms with Crippen LogP contribution in [0, 0.1) is 0 Å². The highest BCUT2D eigenvalue weighted by Gasteiger charge is 2.35. The molecule has 3 aromatic carbocycles. The van der Waals surface area contributed by atoms with Gasteiger partial charge in [0.25, 0.3) is 10.0 Å². The van der Waals surface area contributed by atoms with Crippen LogP contribution in [-0.2, 0) is 26.2 Å². The van der Waals surface area contributed by atoms with Crippen molar-refractivity contribution in [3.8, 4) is 5.75 Å². The van der Waals surface area contributed by atoms with Gasteiger partial charge < -0.3 is 15.0 Å². The lowest BCUT2D eigenvalue weighted by atomic mass is 10.1. The van der Waals surface area contributed by atoms with E-state index in [0.29, 0.717) is 29.4 Å². The van der Waals surface area contributed by atoms with E-state index in [1.165, 1.54) is 17.0 Å². The number of para-hydroxylation sites is 2. The first-order chi connectivity index (χ1) is 20.3. The summed E-state index contributed by atoms with van der Waals surface area (Å²) in [5.41, 5.74) is 0.893. The van der Waals surface area contributed by atoms with Crippen LogP contribution in [0.25, 0.3) is 0 Å². The highest BCUT2D eigenvalue weighted by molar-refractivity contribution is 7.92. The summed E-state index contributed by atoms with van der Waals surface area (Å²) in [6, 6.07) is 21.1. The summed E-state index contributed by atoms with van der Waals surface area (Å²) < 4.78 is 35.0. The average molecular weight is 612 g/mol. The molecule has 0 bridgehead atoms. The first-order valence-electron chi connectivity index (χ1n) is 14.4. The Morgan fingerprint density at radius 2 is 1.60 bits per heavy atom. The first kappa shape index (κ1) is 31.4. The molecular weight excluding hydrogens is 574 g/mol. The molecule has 1 saturated carbocycles. The standard InChI is InChI=1S/C32H38ClN3O5S/c1-3-28(32(38)34-25-15-9-10-16-25)35(22-24-14-8-11-19-27(24)33)31(37)23-36(29-20-12-13-21-30(29)41-4-2)42(39,40)26-17-6-5-7-18-26/h5-8,11-14,17-21,25,28H,3-4,9-10,15-16,22-23H2,1-2H3,(H,34,38)/t28-/m1/s1. The largest absolute Gasteiger partial charge is 0.492 e. The number of anilines is 1. The van der Waals surface area contributed by atoms with Gasteiger partial charge in [-0.25, -0.2) is 8.42 Å². The third kappa shape index (κ3) is 7.44. The molecule has 0 aliphatic heterocycles. The maximum absolute atomic E-state index is 14.3. The Kier molecular flexibility index (Phi) is 10.9. The van der Waals surface area contributed by atoms with E-state index < -0.39 is 28.5 Å². The Hall–Kier alpha value is -3.56. The van der Waals surface area contributed by atoms with Crippen LogP contribution in [0.3, 0.4) is 0 Å². The molecule has 1 aliphatic rings. The number of halogens is 1. The number of ether oxygens (including phenoxy) is 1. The second kappa shape index (κ2) is 14.6. The number of rotatable bonds is 13. The second-order valence-electron chi connectivity index (χ2n) is 10.3. The summed E-state index contributed by atoms with van der Waals surface area (Å²) in [5.74, 6) is -0.456. The van der Waals surface area contributed by atoms with Crippen LogP contribution in [0.2, 0.25) is 5.02 Å². The summed E-state index contributed by atoms with van der Waals surface area (Å²) in [6.45, 7) is 3.45. The molecule has 0 unspecified atom stereocenters. The van der Waals surface area contributed by atoms with Gasteiger partial charge in [0.15, 0.2) is 0 Å². The summed E-state index contributed by atoms with van der Waals surface area (Å²) in [4.78, 5) is 29.3. The van der Waals surface area contributed by atoms with Gasteiger partial charge in [0.2, 0.25) is 11.8 Å². The lowest BCUT2D eigenvalue weighted by Crippen LogP contribution is -2.53. The number of carbonyl (C=O) groups is 2. The molecule has 1 N–H and O–H groups in total. The summed E-state index contributed by atoms with van der Waals surface area (Å²) in [5, 5.41) is 3.57. The van der Waals surface area contributed by atoms with Gasteiger partial charge in [0.1, 0.15) is 18.3 Å². The van der Waals surface area contributed by atoms with E-state index in [9.17, 15) is 18.0 Å². The number of amides is 2. The van der Waals surface area contributed by atoms with Gasteiger partial charge in [0, 0.05) is 17.6 Å². The van der Waals surface area contributed by atoms with E-state index in [2.05, 4.69) is 5.32 Å². The van der Waals surface area contributed by atoms with Gasteiger partial charge >= 0.3 is 0 Å². The van der Waals surface area contributed by atoms with Crippen molar-refractivity contribution in [1.29, 1.82) is 0 Å². The predicted octanol–water partition coefficient (Wildman–Crippen LogP) is 5.80. The average Bonchev–Trinajstić information content (AvgIpc) is 3.50. The number of nitrogens with one attached hydrogen (secondary N) is 1. The maximum Gasteiger partial charge on any atom is 0.264 e. The SMILES string of the molecule is CCOc1ccccc1N(CC(=O)N(Cc1ccccc1Cl)[C@H](CC)C(=O)NC1CCCC1)S(=O)(=O)c1ccccc1. The van der Waals surface area contributed by atoms with Crippen molar-refractivity contribution in [3.05, 3.63) is 89.4 Å². The summed E-state index contributed by atoms with van der Waals surface area (Å²) in [7, 11) is -4.20. The van der Waals surface area contributed by atoms with Gasteiger partial charge in [-0.05, 0) is 62.1 Å². The topological polar surface area (TPSA) is 96.0 Å². The quantitative estimate of drug-likeness (QED) is 0.264. The smallest absolute Gasteiger partial charge is 0.264 e. The van der Waals surface area contributed by atoms with Crippen LogP contribution in [0.15, 0.2) is 83.8 Å².